The lowest BCUT2D eigenvalue weighted by Gasteiger charge is -2.34. The van der Waals surface area contributed by atoms with Gasteiger partial charge in [-0.2, -0.15) is 5.26 Å². The first-order valence-electron chi connectivity index (χ1n) is 13.8. The van der Waals surface area contributed by atoms with E-state index in [1.54, 1.807) is 6.20 Å². The fourth-order valence-electron chi connectivity index (χ4n) is 5.88. The molecule has 0 amide bonds. The number of pyridine rings is 1. The molecule has 2 heterocycles. The van der Waals surface area contributed by atoms with Crippen molar-refractivity contribution in [3.8, 4) is 28.5 Å². The maximum Gasteiger partial charge on any atom is 0.219 e. The minimum absolute atomic E-state index is 0.295. The highest BCUT2D eigenvalue weighted by Crippen LogP contribution is 2.44. The summed E-state index contributed by atoms with van der Waals surface area (Å²) in [5.41, 5.74) is 7.33. The number of hydrogen-bond donors (Lipinski definition) is 0. The average Bonchev–Trinajstić information content (AvgIpc) is 3.30. The van der Waals surface area contributed by atoms with Crippen molar-refractivity contribution in [1.29, 1.82) is 5.26 Å². The van der Waals surface area contributed by atoms with Gasteiger partial charge in [0.2, 0.25) is 5.69 Å². The molecule has 1 fully saturated rings. The largest absolute Gasteiger partial charge is 0.454 e. The van der Waals surface area contributed by atoms with E-state index in [1.165, 1.54) is 12.1 Å². The van der Waals surface area contributed by atoms with E-state index in [4.69, 9.17) is 5.79 Å². The number of halogens is 1. The number of furan rings is 1. The van der Waals surface area contributed by atoms with Gasteiger partial charge in [-0.25, -0.2) is 8.96 Å². The van der Waals surface area contributed by atoms with E-state index in [0.717, 1.165) is 70.0 Å². The van der Waals surface area contributed by atoms with E-state index in [-0.39, 0.29) is 5.82 Å². The Morgan fingerprint density at radius 3 is 2.32 bits per heavy atom. The quantitative estimate of drug-likeness (QED) is 0.230. The van der Waals surface area contributed by atoms with E-state index in [1.807, 2.05) is 67.1 Å². The fraction of sp³-hybridized carbons (Fsp3) is 0.294. The van der Waals surface area contributed by atoms with Gasteiger partial charge in [-0.15, -0.1) is 0 Å². The number of hydrogen-bond acceptors (Lipinski definition) is 2. The molecular weight excluding hydrogens is 471 g/mol. The maximum absolute atomic E-state index is 14.3. The standard InChI is InChI=1S/C34H32FN2O/c1-21-5-11-27-28-12-10-25(20-36)31(24-8-6-22(7-9-24)23-13-16-34(2,3)17-14-23)33(28)38-32(27)30(21)29-19-26(35)15-18-37(29)4/h5-12,15,18-19,23H,13-14,16-17H2,1-4H3/q+1/i23D. The molecule has 3 aromatic carbocycles. The molecule has 5 aromatic rings. The number of nitriles is 1. The number of fused-ring (bicyclic) bond motifs is 3. The Labute approximate surface area is 224 Å². The molecule has 0 aliphatic heterocycles. The Morgan fingerprint density at radius 2 is 1.63 bits per heavy atom. The topological polar surface area (TPSA) is 40.8 Å². The highest BCUT2D eigenvalue weighted by atomic mass is 19.1. The van der Waals surface area contributed by atoms with Crippen molar-refractivity contribution in [2.45, 2.75) is 52.3 Å². The lowest BCUT2D eigenvalue weighted by molar-refractivity contribution is -0.660. The predicted octanol–water partition coefficient (Wildman–Crippen LogP) is 8.75. The van der Waals surface area contributed by atoms with Gasteiger partial charge >= 0.3 is 0 Å². The number of nitrogens with zero attached hydrogens (tertiary/aromatic N) is 2. The summed E-state index contributed by atoms with van der Waals surface area (Å²) >= 11 is 0. The molecule has 38 heavy (non-hydrogen) atoms. The number of rotatable bonds is 3. The van der Waals surface area contributed by atoms with Gasteiger partial charge in [-0.3, -0.25) is 0 Å². The lowest BCUT2D eigenvalue weighted by Crippen LogP contribution is -2.30. The summed E-state index contributed by atoms with van der Waals surface area (Å²) in [6.07, 6.45) is 5.49. The maximum atomic E-state index is 14.3. The Hall–Kier alpha value is -3.97. The van der Waals surface area contributed by atoms with Crippen LogP contribution in [0.3, 0.4) is 0 Å². The Kier molecular flexibility index (Phi) is 5.55. The first kappa shape index (κ1) is 23.2. The third-order valence-electron chi connectivity index (χ3n) is 8.30. The number of aryl methyl sites for hydroxylation is 2. The Bertz CT molecular complexity index is 1780. The molecule has 1 aliphatic rings. The second-order valence-corrected chi connectivity index (χ2v) is 11.4. The fourth-order valence-corrected chi connectivity index (χ4v) is 5.88. The van der Waals surface area contributed by atoms with Crippen molar-refractivity contribution in [3.05, 3.63) is 89.4 Å². The molecule has 190 valence electrons. The highest BCUT2D eigenvalue weighted by Gasteiger charge is 2.28. The summed E-state index contributed by atoms with van der Waals surface area (Å²) in [7, 11) is 1.89. The summed E-state index contributed by atoms with van der Waals surface area (Å²) in [5, 5.41) is 11.9. The molecule has 0 bridgehead atoms. The zero-order valence-electron chi connectivity index (χ0n) is 23.4. The van der Waals surface area contributed by atoms with Crippen LogP contribution in [0.25, 0.3) is 44.3 Å². The second-order valence-electron chi connectivity index (χ2n) is 11.4. The van der Waals surface area contributed by atoms with E-state index >= 15 is 0 Å². The van der Waals surface area contributed by atoms with Crippen LogP contribution in [0, 0.1) is 29.5 Å². The van der Waals surface area contributed by atoms with E-state index in [2.05, 4.69) is 19.9 Å². The molecule has 0 unspecified atom stereocenters. The van der Waals surface area contributed by atoms with E-state index in [9.17, 15) is 9.65 Å². The van der Waals surface area contributed by atoms with Crippen LogP contribution >= 0.6 is 0 Å². The van der Waals surface area contributed by atoms with Crippen LogP contribution in [-0.4, -0.2) is 0 Å². The van der Waals surface area contributed by atoms with Gasteiger partial charge in [-0.05, 0) is 72.7 Å². The van der Waals surface area contributed by atoms with E-state index in [0.29, 0.717) is 22.1 Å². The van der Waals surface area contributed by atoms with Crippen LogP contribution in [0.4, 0.5) is 4.39 Å². The molecule has 6 rings (SSSR count). The highest BCUT2D eigenvalue weighted by molar-refractivity contribution is 6.14. The summed E-state index contributed by atoms with van der Waals surface area (Å²) < 4.78 is 31.9. The second kappa shape index (κ2) is 9.10. The van der Waals surface area contributed by atoms with Crippen LogP contribution in [0.5, 0.6) is 0 Å². The van der Waals surface area contributed by atoms with Crippen LogP contribution in [0.2, 0.25) is 0 Å². The van der Waals surface area contributed by atoms with Crippen LogP contribution in [0.1, 0.15) is 63.5 Å². The zero-order valence-corrected chi connectivity index (χ0v) is 22.4. The van der Waals surface area contributed by atoms with Gasteiger partial charge < -0.3 is 4.42 Å². The average molecular weight is 505 g/mol. The van der Waals surface area contributed by atoms with Gasteiger partial charge in [0, 0.05) is 29.8 Å². The van der Waals surface area contributed by atoms with Gasteiger partial charge in [0.1, 0.15) is 24.0 Å². The third-order valence-corrected chi connectivity index (χ3v) is 8.30. The molecule has 0 N–H and O–H groups in total. The van der Waals surface area contributed by atoms with Gasteiger partial charge in [0.15, 0.2) is 6.20 Å². The molecule has 4 heteroatoms. The molecule has 0 spiro atoms. The first-order valence-corrected chi connectivity index (χ1v) is 13.3. The molecule has 0 atom stereocenters. The van der Waals surface area contributed by atoms with E-state index < -0.39 is 5.89 Å². The summed E-state index contributed by atoms with van der Waals surface area (Å²) in [5.74, 6) is -0.887. The molecule has 1 aliphatic carbocycles. The van der Waals surface area contributed by atoms with Crippen LogP contribution < -0.4 is 4.57 Å². The van der Waals surface area contributed by atoms with Crippen molar-refractivity contribution in [1.82, 2.24) is 0 Å². The minimum Gasteiger partial charge on any atom is -0.454 e. The molecule has 0 saturated heterocycles. The lowest BCUT2D eigenvalue weighted by atomic mass is 9.71. The van der Waals surface area contributed by atoms with Gasteiger partial charge in [-0.1, -0.05) is 50.2 Å². The summed E-state index contributed by atoms with van der Waals surface area (Å²) in [6.45, 7) is 6.57. The Balaban J connectivity index is 1.52. The summed E-state index contributed by atoms with van der Waals surface area (Å²) in [6, 6.07) is 21.3. The normalized spacial score (nSPS) is 16.9. The van der Waals surface area contributed by atoms with Crippen molar-refractivity contribution >= 4 is 21.9 Å². The molecule has 0 radical (unpaired) electrons. The summed E-state index contributed by atoms with van der Waals surface area (Å²) in [4.78, 5) is 0. The zero-order chi connectivity index (χ0) is 27.5. The molecule has 3 nitrogen and oxygen atoms in total. The van der Waals surface area contributed by atoms with Crippen LogP contribution in [-0.2, 0) is 7.05 Å². The van der Waals surface area contributed by atoms with Crippen molar-refractivity contribution in [2.24, 2.45) is 12.5 Å². The molecule has 1 saturated carbocycles. The molecule has 2 aromatic heterocycles. The third kappa shape index (κ3) is 4.07. The van der Waals surface area contributed by atoms with Crippen molar-refractivity contribution < 1.29 is 14.7 Å². The smallest absolute Gasteiger partial charge is 0.219 e. The van der Waals surface area contributed by atoms with Crippen LogP contribution in [0.15, 0.2) is 71.3 Å². The first-order chi connectivity index (χ1) is 18.6. The SMILES string of the molecule is [2H]C1(c2ccc(-c3c(C#N)ccc4c3oc3c(-c5cc(F)cc[n+]5C)c(C)ccc34)cc2)CCC(C)(C)CC1. The Morgan fingerprint density at radius 1 is 0.974 bits per heavy atom. The monoisotopic (exact) mass is 504 g/mol. The molecular formula is C34H32FN2O+. The number of aromatic nitrogens is 1. The predicted molar refractivity (Wildman–Crippen MR) is 150 cm³/mol. The van der Waals surface area contributed by atoms with Crippen molar-refractivity contribution in [3.63, 3.8) is 0 Å². The minimum atomic E-state index is -0.579. The van der Waals surface area contributed by atoms with Gasteiger partial charge in [0.05, 0.1) is 17.2 Å². The van der Waals surface area contributed by atoms with Gasteiger partial charge in [0.25, 0.3) is 0 Å². The number of benzene rings is 3. The van der Waals surface area contributed by atoms with Crippen molar-refractivity contribution in [2.75, 3.05) is 0 Å².